The van der Waals surface area contributed by atoms with Crippen LogP contribution < -0.4 is 10.1 Å². The van der Waals surface area contributed by atoms with Crippen LogP contribution in [0.4, 0.5) is 5.95 Å². The molecule has 0 aliphatic rings. The Morgan fingerprint density at radius 3 is 3.00 bits per heavy atom. The molecule has 0 saturated carbocycles. The highest BCUT2D eigenvalue weighted by Gasteiger charge is 2.12. The highest BCUT2D eigenvalue weighted by atomic mass is 16.5. The van der Waals surface area contributed by atoms with Crippen LogP contribution in [0.1, 0.15) is 26.7 Å². The number of nitrogens with one attached hydrogen (secondary N) is 2. The van der Waals surface area contributed by atoms with E-state index >= 15 is 0 Å². The van der Waals surface area contributed by atoms with Gasteiger partial charge in [-0.2, -0.15) is 9.97 Å². The van der Waals surface area contributed by atoms with Gasteiger partial charge in [0.15, 0.2) is 5.65 Å². The lowest BCUT2D eigenvalue weighted by Gasteiger charge is -2.13. The molecule has 17 heavy (non-hydrogen) atoms. The minimum Gasteiger partial charge on any atom is -0.473 e. The van der Waals surface area contributed by atoms with Crippen LogP contribution in [-0.4, -0.2) is 33.1 Å². The molecule has 0 spiro atoms. The maximum Gasteiger partial charge on any atom is 0.245 e. The molecule has 6 nitrogen and oxygen atoms in total. The van der Waals surface area contributed by atoms with E-state index in [0.29, 0.717) is 17.5 Å². The monoisotopic (exact) mass is 235 g/mol. The first kappa shape index (κ1) is 11.6. The Hall–Kier alpha value is -1.85. The average molecular weight is 235 g/mol. The molecule has 1 unspecified atom stereocenters. The van der Waals surface area contributed by atoms with Gasteiger partial charge in [0.1, 0.15) is 5.52 Å². The number of imidazole rings is 1. The maximum absolute atomic E-state index is 5.81. The molecule has 0 fully saturated rings. The third-order valence-electron chi connectivity index (χ3n) is 2.48. The largest absolute Gasteiger partial charge is 0.473 e. The molecule has 0 saturated heterocycles. The van der Waals surface area contributed by atoms with Gasteiger partial charge in [-0.1, -0.05) is 13.3 Å². The quantitative estimate of drug-likeness (QED) is 0.828. The second-order valence-corrected chi connectivity index (χ2v) is 3.92. The van der Waals surface area contributed by atoms with Crippen molar-refractivity contribution in [3.8, 4) is 5.88 Å². The molecule has 0 bridgehead atoms. The molecule has 0 aromatic carbocycles. The summed E-state index contributed by atoms with van der Waals surface area (Å²) in [7, 11) is 1.77. The van der Waals surface area contributed by atoms with E-state index in [1.54, 1.807) is 13.4 Å². The molecule has 6 heteroatoms. The van der Waals surface area contributed by atoms with Crippen molar-refractivity contribution in [2.24, 2.45) is 0 Å². The van der Waals surface area contributed by atoms with Crippen molar-refractivity contribution in [1.82, 2.24) is 19.9 Å². The van der Waals surface area contributed by atoms with Crippen LogP contribution in [0.5, 0.6) is 5.88 Å². The number of aromatic amines is 1. The molecular weight excluding hydrogens is 218 g/mol. The number of hydrogen-bond donors (Lipinski definition) is 2. The van der Waals surface area contributed by atoms with E-state index in [1.165, 1.54) is 0 Å². The number of ether oxygens (including phenoxy) is 1. The Balaban J connectivity index is 2.33. The zero-order valence-electron chi connectivity index (χ0n) is 10.3. The van der Waals surface area contributed by atoms with Gasteiger partial charge in [0.25, 0.3) is 0 Å². The van der Waals surface area contributed by atoms with E-state index in [2.05, 4.69) is 32.2 Å². The predicted octanol–water partition coefficient (Wildman–Crippen LogP) is 1.96. The van der Waals surface area contributed by atoms with Crippen LogP contribution in [0.3, 0.4) is 0 Å². The first-order valence-corrected chi connectivity index (χ1v) is 5.80. The summed E-state index contributed by atoms with van der Waals surface area (Å²) in [5, 5.41) is 2.90. The van der Waals surface area contributed by atoms with E-state index in [1.807, 2.05) is 6.92 Å². The topological polar surface area (TPSA) is 75.7 Å². The Bertz CT molecular complexity index is 496. The third-order valence-corrected chi connectivity index (χ3v) is 2.48. The molecule has 2 N–H and O–H groups in total. The first-order valence-electron chi connectivity index (χ1n) is 5.80. The number of anilines is 1. The average Bonchev–Trinajstić information content (AvgIpc) is 2.77. The van der Waals surface area contributed by atoms with Gasteiger partial charge in [0, 0.05) is 7.05 Å². The molecule has 2 aromatic rings. The summed E-state index contributed by atoms with van der Waals surface area (Å²) in [5.74, 6) is 1.07. The smallest absolute Gasteiger partial charge is 0.245 e. The zero-order valence-corrected chi connectivity index (χ0v) is 10.3. The standard InChI is InChI=1S/C11H17N5O/c1-4-5-7(2)17-10-8-9(14-6-13-8)15-11(12-3)16-10/h6-7H,4-5H2,1-3H3,(H2,12,13,14,15,16). The van der Waals surface area contributed by atoms with E-state index < -0.39 is 0 Å². The fraction of sp³-hybridized carbons (Fsp3) is 0.545. The molecular formula is C11H17N5O. The van der Waals surface area contributed by atoms with Gasteiger partial charge in [-0.3, -0.25) is 0 Å². The van der Waals surface area contributed by atoms with Crippen molar-refractivity contribution in [1.29, 1.82) is 0 Å². The molecule has 0 aliphatic carbocycles. The summed E-state index contributed by atoms with van der Waals surface area (Å²) in [4.78, 5) is 15.6. The summed E-state index contributed by atoms with van der Waals surface area (Å²) in [6, 6.07) is 0. The highest BCUT2D eigenvalue weighted by Crippen LogP contribution is 2.22. The minimum absolute atomic E-state index is 0.131. The number of rotatable bonds is 5. The molecule has 0 radical (unpaired) electrons. The van der Waals surface area contributed by atoms with E-state index in [-0.39, 0.29) is 6.10 Å². The van der Waals surface area contributed by atoms with Crippen molar-refractivity contribution in [2.45, 2.75) is 32.8 Å². The fourth-order valence-corrected chi connectivity index (χ4v) is 1.66. The van der Waals surface area contributed by atoms with Gasteiger partial charge < -0.3 is 15.0 Å². The van der Waals surface area contributed by atoms with Crippen molar-refractivity contribution in [3.63, 3.8) is 0 Å². The van der Waals surface area contributed by atoms with Gasteiger partial charge in [0.05, 0.1) is 12.4 Å². The number of aromatic nitrogens is 4. The van der Waals surface area contributed by atoms with Gasteiger partial charge in [0.2, 0.25) is 11.8 Å². The first-order chi connectivity index (χ1) is 8.24. The number of nitrogens with zero attached hydrogens (tertiary/aromatic N) is 3. The second-order valence-electron chi connectivity index (χ2n) is 3.92. The van der Waals surface area contributed by atoms with Crippen LogP contribution in [0.15, 0.2) is 6.33 Å². The Labute approximate surface area is 99.8 Å². The molecule has 92 valence electrons. The van der Waals surface area contributed by atoms with Gasteiger partial charge in [-0.15, -0.1) is 0 Å². The van der Waals surface area contributed by atoms with E-state index in [0.717, 1.165) is 18.4 Å². The Kier molecular flexibility index (Phi) is 3.41. The maximum atomic E-state index is 5.81. The predicted molar refractivity (Wildman–Crippen MR) is 66.2 cm³/mol. The molecule has 2 rings (SSSR count). The summed E-state index contributed by atoms with van der Waals surface area (Å²) in [6.45, 7) is 4.16. The van der Waals surface area contributed by atoms with Crippen LogP contribution in [0, 0.1) is 0 Å². The fourth-order valence-electron chi connectivity index (χ4n) is 1.66. The van der Waals surface area contributed by atoms with Crippen molar-refractivity contribution in [3.05, 3.63) is 6.33 Å². The molecule has 2 aromatic heterocycles. The number of fused-ring (bicyclic) bond motifs is 1. The number of hydrogen-bond acceptors (Lipinski definition) is 5. The summed E-state index contributed by atoms with van der Waals surface area (Å²) in [6.07, 6.45) is 3.80. The lowest BCUT2D eigenvalue weighted by Crippen LogP contribution is -2.13. The molecule has 1 atom stereocenters. The second kappa shape index (κ2) is 4.99. The Morgan fingerprint density at radius 2 is 2.29 bits per heavy atom. The van der Waals surface area contributed by atoms with Crippen molar-refractivity contribution >= 4 is 17.1 Å². The molecule has 0 amide bonds. The van der Waals surface area contributed by atoms with Gasteiger partial charge in [-0.25, -0.2) is 4.98 Å². The van der Waals surface area contributed by atoms with Crippen LogP contribution in [0.2, 0.25) is 0 Å². The SMILES string of the molecule is CCCC(C)Oc1nc(NC)nc2nc[nH]c12. The van der Waals surface area contributed by atoms with Gasteiger partial charge >= 0.3 is 0 Å². The number of H-pyrrole nitrogens is 1. The molecule has 2 heterocycles. The van der Waals surface area contributed by atoms with Crippen molar-refractivity contribution in [2.75, 3.05) is 12.4 Å². The highest BCUT2D eigenvalue weighted by molar-refractivity contribution is 5.76. The van der Waals surface area contributed by atoms with Crippen LogP contribution >= 0.6 is 0 Å². The van der Waals surface area contributed by atoms with Crippen molar-refractivity contribution < 1.29 is 4.74 Å². The zero-order chi connectivity index (χ0) is 12.3. The lowest BCUT2D eigenvalue weighted by molar-refractivity contribution is 0.204. The third kappa shape index (κ3) is 2.46. The van der Waals surface area contributed by atoms with Crippen LogP contribution in [-0.2, 0) is 0 Å². The van der Waals surface area contributed by atoms with Crippen LogP contribution in [0.25, 0.3) is 11.2 Å². The lowest BCUT2D eigenvalue weighted by atomic mass is 10.2. The normalized spacial score (nSPS) is 12.6. The summed E-state index contributed by atoms with van der Waals surface area (Å²) >= 11 is 0. The van der Waals surface area contributed by atoms with Gasteiger partial charge in [-0.05, 0) is 13.3 Å². The Morgan fingerprint density at radius 1 is 1.47 bits per heavy atom. The molecule has 0 aliphatic heterocycles. The summed E-state index contributed by atoms with van der Waals surface area (Å²) in [5.41, 5.74) is 1.36. The van der Waals surface area contributed by atoms with E-state index in [4.69, 9.17) is 4.74 Å². The summed E-state index contributed by atoms with van der Waals surface area (Å²) < 4.78 is 5.81. The minimum atomic E-state index is 0.131. The van der Waals surface area contributed by atoms with E-state index in [9.17, 15) is 0 Å².